The molecule has 132 valence electrons. The van der Waals surface area contributed by atoms with E-state index in [1.165, 1.54) is 37.4 Å². The van der Waals surface area contributed by atoms with Crippen LogP contribution in [0.1, 0.15) is 51.9 Å². The minimum Gasteiger partial charge on any atom is -0.481 e. The van der Waals surface area contributed by atoms with Gasteiger partial charge in [0, 0.05) is 0 Å². The van der Waals surface area contributed by atoms with Crippen LogP contribution in [0.3, 0.4) is 0 Å². The first-order valence-electron chi connectivity index (χ1n) is 9.93. The number of benzene rings is 1. The van der Waals surface area contributed by atoms with Crippen molar-refractivity contribution in [1.82, 2.24) is 0 Å². The van der Waals surface area contributed by atoms with Crippen LogP contribution in [0.5, 0.6) is 0 Å². The molecule has 1 saturated carbocycles. The Morgan fingerprint density at radius 3 is 2.12 bits per heavy atom. The number of carbonyl (C=O) groups is 1. The molecule has 3 rings (SSSR count). The summed E-state index contributed by atoms with van der Waals surface area (Å²) >= 11 is 0. The number of hydrogen-bond acceptors (Lipinski definition) is 1. The van der Waals surface area contributed by atoms with Gasteiger partial charge >= 0.3 is 5.97 Å². The molecule has 0 bridgehead atoms. The van der Waals surface area contributed by atoms with Crippen molar-refractivity contribution in [2.24, 2.45) is 17.8 Å². The lowest BCUT2D eigenvalue weighted by molar-refractivity contribution is -0.143. The molecule has 1 aliphatic heterocycles. The third-order valence-corrected chi connectivity index (χ3v) is 12.4. The van der Waals surface area contributed by atoms with Crippen molar-refractivity contribution >= 4 is 19.2 Å². The maximum Gasteiger partial charge on any atom is 0.306 e. The molecule has 1 saturated heterocycles. The fraction of sp³-hybridized carbons (Fsp3) is 0.667. The molecule has 24 heavy (non-hydrogen) atoms. The van der Waals surface area contributed by atoms with Crippen molar-refractivity contribution in [3.05, 3.63) is 30.3 Å². The van der Waals surface area contributed by atoms with Crippen molar-refractivity contribution in [3.63, 3.8) is 0 Å². The van der Waals surface area contributed by atoms with Crippen LogP contribution in [0, 0.1) is 17.8 Å². The minimum absolute atomic E-state index is 0.0669. The Hall–Kier alpha value is -1.09. The van der Waals surface area contributed by atoms with E-state index < -0.39 is 14.0 Å². The summed E-state index contributed by atoms with van der Waals surface area (Å²) in [6, 6.07) is 15.7. The monoisotopic (exact) mass is 344 g/mol. The molecule has 0 spiro atoms. The summed E-state index contributed by atoms with van der Waals surface area (Å²) < 4.78 is 0. The summed E-state index contributed by atoms with van der Waals surface area (Å²) in [6.07, 6.45) is 8.21. The topological polar surface area (TPSA) is 37.3 Å². The van der Waals surface area contributed by atoms with E-state index in [4.69, 9.17) is 0 Å². The van der Waals surface area contributed by atoms with Crippen molar-refractivity contribution in [2.45, 2.75) is 70.0 Å². The Bertz CT molecular complexity index is 526. The third kappa shape index (κ3) is 3.77. The number of aliphatic carboxylic acids is 1. The fourth-order valence-electron chi connectivity index (χ4n) is 5.45. The van der Waals surface area contributed by atoms with E-state index in [0.717, 1.165) is 37.5 Å². The first-order chi connectivity index (χ1) is 11.6. The Labute approximate surface area is 147 Å². The second-order valence-electron chi connectivity index (χ2n) is 8.18. The smallest absolute Gasteiger partial charge is 0.306 e. The van der Waals surface area contributed by atoms with Gasteiger partial charge < -0.3 is 5.11 Å². The Morgan fingerprint density at radius 1 is 1.00 bits per heavy atom. The summed E-state index contributed by atoms with van der Waals surface area (Å²) in [7, 11) is -1.29. The molecule has 1 aliphatic carbocycles. The molecular weight excluding hydrogens is 312 g/mol. The lowest BCUT2D eigenvalue weighted by atomic mass is 9.74. The standard InChI is InChI=1S/C21H32O2Si/c1-2-14-24(20-6-4-3-5-7-20)15-12-18(13-16-24)17-8-10-19(11-9-17)21(22)23/h3-7,17-19H,2,8-16H2,1H3,(H,22,23). The molecule has 1 aromatic rings. The van der Waals surface area contributed by atoms with E-state index in [2.05, 4.69) is 37.3 Å². The van der Waals surface area contributed by atoms with Crippen molar-refractivity contribution < 1.29 is 9.90 Å². The Balaban J connectivity index is 1.61. The highest BCUT2D eigenvalue weighted by molar-refractivity contribution is 6.92. The molecule has 0 aromatic heterocycles. The third-order valence-electron chi connectivity index (χ3n) is 6.89. The van der Waals surface area contributed by atoms with Crippen LogP contribution in [0.25, 0.3) is 0 Å². The highest BCUT2D eigenvalue weighted by Gasteiger charge is 2.40. The van der Waals surface area contributed by atoms with E-state index in [1.807, 2.05) is 0 Å². The molecule has 2 aliphatic rings. The number of carboxylic acids is 1. The van der Waals surface area contributed by atoms with Gasteiger partial charge in [-0.2, -0.15) is 0 Å². The summed E-state index contributed by atoms with van der Waals surface area (Å²) in [6.45, 7) is 2.34. The SMILES string of the molecule is CCC[Si]1(c2ccccc2)CCC(C2CCC(C(=O)O)CC2)CC1. The number of rotatable bonds is 5. The van der Waals surface area contributed by atoms with Gasteiger partial charge in [0.25, 0.3) is 0 Å². The molecule has 1 N–H and O–H groups in total. The van der Waals surface area contributed by atoms with E-state index >= 15 is 0 Å². The molecule has 0 radical (unpaired) electrons. The quantitative estimate of drug-likeness (QED) is 0.759. The van der Waals surface area contributed by atoms with Gasteiger partial charge in [-0.1, -0.05) is 79.8 Å². The Kier molecular flexibility index (Phi) is 5.80. The average molecular weight is 345 g/mol. The lowest BCUT2D eigenvalue weighted by Gasteiger charge is -2.43. The molecule has 1 heterocycles. The Morgan fingerprint density at radius 2 is 1.58 bits per heavy atom. The van der Waals surface area contributed by atoms with Gasteiger partial charge in [0.15, 0.2) is 0 Å². The van der Waals surface area contributed by atoms with Crippen molar-refractivity contribution in [2.75, 3.05) is 0 Å². The summed E-state index contributed by atoms with van der Waals surface area (Å²) in [5, 5.41) is 10.9. The molecule has 1 aromatic carbocycles. The van der Waals surface area contributed by atoms with Crippen LogP contribution in [0.4, 0.5) is 0 Å². The highest BCUT2D eigenvalue weighted by Crippen LogP contribution is 2.44. The van der Waals surface area contributed by atoms with Gasteiger partial charge in [0.2, 0.25) is 0 Å². The van der Waals surface area contributed by atoms with Crippen LogP contribution in [-0.4, -0.2) is 19.1 Å². The highest BCUT2D eigenvalue weighted by atomic mass is 28.3. The normalized spacial score (nSPS) is 34.0. The maximum atomic E-state index is 11.2. The zero-order valence-electron chi connectivity index (χ0n) is 15.0. The van der Waals surface area contributed by atoms with E-state index in [0.29, 0.717) is 0 Å². The van der Waals surface area contributed by atoms with Gasteiger partial charge in [-0.25, -0.2) is 0 Å². The van der Waals surface area contributed by atoms with Gasteiger partial charge in [-0.15, -0.1) is 0 Å². The number of hydrogen-bond donors (Lipinski definition) is 1. The van der Waals surface area contributed by atoms with E-state index in [1.54, 1.807) is 5.19 Å². The van der Waals surface area contributed by atoms with Crippen LogP contribution < -0.4 is 5.19 Å². The van der Waals surface area contributed by atoms with Gasteiger partial charge in [0.05, 0.1) is 14.0 Å². The van der Waals surface area contributed by atoms with E-state index in [-0.39, 0.29) is 5.92 Å². The molecule has 3 heteroatoms. The van der Waals surface area contributed by atoms with Crippen molar-refractivity contribution in [1.29, 1.82) is 0 Å². The molecule has 2 fully saturated rings. The zero-order chi connectivity index (χ0) is 17.0. The summed E-state index contributed by atoms with van der Waals surface area (Å²) in [5.41, 5.74) is 0. The largest absolute Gasteiger partial charge is 0.481 e. The van der Waals surface area contributed by atoms with Crippen LogP contribution in [0.15, 0.2) is 30.3 Å². The van der Waals surface area contributed by atoms with Crippen LogP contribution >= 0.6 is 0 Å². The van der Waals surface area contributed by atoms with Crippen molar-refractivity contribution in [3.8, 4) is 0 Å². The lowest BCUT2D eigenvalue weighted by Crippen LogP contribution is -2.50. The zero-order valence-corrected chi connectivity index (χ0v) is 16.0. The molecule has 0 unspecified atom stereocenters. The average Bonchev–Trinajstić information content (AvgIpc) is 2.63. The van der Waals surface area contributed by atoms with Gasteiger partial charge in [-0.3, -0.25) is 4.79 Å². The predicted octanol–water partition coefficient (Wildman–Crippen LogP) is 5.05. The van der Waals surface area contributed by atoms with Gasteiger partial charge in [0.1, 0.15) is 0 Å². The molecule has 2 nitrogen and oxygen atoms in total. The second-order valence-corrected chi connectivity index (χ2v) is 12.8. The molecule has 0 atom stereocenters. The number of carboxylic acid groups (broad SMARTS) is 1. The van der Waals surface area contributed by atoms with Gasteiger partial charge in [-0.05, 0) is 37.5 Å². The van der Waals surface area contributed by atoms with Crippen LogP contribution in [0.2, 0.25) is 18.1 Å². The maximum absolute atomic E-state index is 11.2. The van der Waals surface area contributed by atoms with E-state index in [9.17, 15) is 9.90 Å². The summed E-state index contributed by atoms with van der Waals surface area (Å²) in [5.74, 6) is 1.02. The second kappa shape index (κ2) is 7.86. The fourth-order valence-corrected chi connectivity index (χ4v) is 10.8. The first-order valence-corrected chi connectivity index (χ1v) is 12.5. The molecule has 0 amide bonds. The molecular formula is C21H32O2Si. The van der Waals surface area contributed by atoms with Crippen LogP contribution in [-0.2, 0) is 4.79 Å². The predicted molar refractivity (Wildman–Crippen MR) is 102 cm³/mol. The first kappa shape index (κ1) is 17.7. The minimum atomic E-state index is -1.29. The summed E-state index contributed by atoms with van der Waals surface area (Å²) in [4.78, 5) is 11.2.